The second-order valence-corrected chi connectivity index (χ2v) is 5.53. The normalized spacial score (nSPS) is 27.5. The summed E-state index contributed by atoms with van der Waals surface area (Å²) in [6.07, 6.45) is 6.21. The van der Waals surface area contributed by atoms with Crippen molar-refractivity contribution in [2.45, 2.75) is 36.6 Å². The van der Waals surface area contributed by atoms with Crippen LogP contribution in [0.2, 0.25) is 0 Å². The molecule has 1 aliphatic rings. The minimum Gasteiger partial charge on any atom is -0.352 e. The highest BCUT2D eigenvalue weighted by atomic mass is 79.9. The average Bonchev–Trinajstić information content (AvgIpc) is 2.48. The van der Waals surface area contributed by atoms with Crippen molar-refractivity contribution in [1.29, 1.82) is 0 Å². The van der Waals surface area contributed by atoms with Gasteiger partial charge in [-0.25, -0.2) is 0 Å². The van der Waals surface area contributed by atoms with Crippen molar-refractivity contribution in [2.24, 2.45) is 0 Å². The Bertz CT molecular complexity index is 177. The SMILES string of the molecule is CSCCC(=O)NC1CCCC1Br. The lowest BCUT2D eigenvalue weighted by Gasteiger charge is -2.15. The topological polar surface area (TPSA) is 29.1 Å². The first-order chi connectivity index (χ1) is 6.24. The maximum Gasteiger partial charge on any atom is 0.221 e. The standard InChI is InChI=1S/C9H16BrNOS/c1-13-6-5-9(12)11-8-4-2-3-7(8)10/h7-8H,2-6H2,1H3,(H,11,12). The van der Waals surface area contributed by atoms with Gasteiger partial charge in [0.15, 0.2) is 0 Å². The zero-order chi connectivity index (χ0) is 9.68. The molecular formula is C9H16BrNOS. The summed E-state index contributed by atoms with van der Waals surface area (Å²) in [7, 11) is 0. The van der Waals surface area contributed by atoms with E-state index in [9.17, 15) is 4.79 Å². The number of hydrogen-bond acceptors (Lipinski definition) is 2. The fourth-order valence-corrected chi connectivity index (χ4v) is 2.66. The lowest BCUT2D eigenvalue weighted by atomic mass is 10.2. The van der Waals surface area contributed by atoms with Crippen molar-refractivity contribution in [1.82, 2.24) is 5.32 Å². The third-order valence-electron chi connectivity index (χ3n) is 2.31. The molecule has 0 spiro atoms. The van der Waals surface area contributed by atoms with Crippen molar-refractivity contribution in [3.63, 3.8) is 0 Å². The van der Waals surface area contributed by atoms with Crippen LogP contribution in [0.25, 0.3) is 0 Å². The number of halogens is 1. The minimum absolute atomic E-state index is 0.200. The number of thioether (sulfide) groups is 1. The number of alkyl halides is 1. The highest BCUT2D eigenvalue weighted by Gasteiger charge is 2.25. The smallest absolute Gasteiger partial charge is 0.221 e. The van der Waals surface area contributed by atoms with Crippen LogP contribution in [0.5, 0.6) is 0 Å². The number of carbonyl (C=O) groups is 1. The highest BCUT2D eigenvalue weighted by molar-refractivity contribution is 9.09. The van der Waals surface area contributed by atoms with Gasteiger partial charge in [0.2, 0.25) is 5.91 Å². The summed E-state index contributed by atoms with van der Waals surface area (Å²) >= 11 is 5.30. The first kappa shape index (κ1) is 11.4. The molecule has 2 nitrogen and oxygen atoms in total. The van der Waals surface area contributed by atoms with E-state index in [0.717, 1.165) is 12.2 Å². The van der Waals surface area contributed by atoms with E-state index in [1.54, 1.807) is 11.8 Å². The van der Waals surface area contributed by atoms with Crippen LogP contribution in [0, 0.1) is 0 Å². The molecule has 1 aliphatic carbocycles. The van der Waals surface area contributed by atoms with E-state index >= 15 is 0 Å². The Morgan fingerprint density at radius 2 is 2.38 bits per heavy atom. The van der Waals surface area contributed by atoms with Gasteiger partial charge in [0.1, 0.15) is 0 Å². The Morgan fingerprint density at radius 1 is 1.62 bits per heavy atom. The molecule has 1 fully saturated rings. The van der Waals surface area contributed by atoms with Crippen molar-refractivity contribution in [3.8, 4) is 0 Å². The van der Waals surface area contributed by atoms with Crippen molar-refractivity contribution in [2.75, 3.05) is 12.0 Å². The number of nitrogens with one attached hydrogen (secondary N) is 1. The molecule has 2 unspecified atom stereocenters. The van der Waals surface area contributed by atoms with Crippen LogP contribution in [0.4, 0.5) is 0 Å². The van der Waals surface area contributed by atoms with Gasteiger partial charge in [-0.1, -0.05) is 22.4 Å². The molecule has 0 radical (unpaired) electrons. The molecule has 0 aromatic carbocycles. The Morgan fingerprint density at radius 3 is 2.92 bits per heavy atom. The van der Waals surface area contributed by atoms with Gasteiger partial charge >= 0.3 is 0 Å². The number of carbonyl (C=O) groups excluding carboxylic acids is 1. The first-order valence-corrected chi connectivity index (χ1v) is 6.97. The molecule has 1 N–H and O–H groups in total. The van der Waals surface area contributed by atoms with Crippen molar-refractivity contribution >= 4 is 33.6 Å². The molecule has 0 saturated heterocycles. The minimum atomic E-state index is 0.200. The summed E-state index contributed by atoms with van der Waals surface area (Å²) in [5.41, 5.74) is 0. The molecule has 1 rings (SSSR count). The molecule has 4 heteroatoms. The Hall–Kier alpha value is 0.300. The van der Waals surface area contributed by atoms with Crippen LogP contribution in [0.15, 0.2) is 0 Å². The van der Waals surface area contributed by atoms with Crippen molar-refractivity contribution in [3.05, 3.63) is 0 Å². The third-order valence-corrected chi connectivity index (χ3v) is 4.02. The average molecular weight is 266 g/mol. The van der Waals surface area contributed by atoms with Crippen molar-refractivity contribution < 1.29 is 4.79 Å². The van der Waals surface area contributed by atoms with E-state index in [2.05, 4.69) is 21.2 Å². The van der Waals surface area contributed by atoms with E-state index in [1.165, 1.54) is 12.8 Å². The lowest BCUT2D eigenvalue weighted by Crippen LogP contribution is -2.37. The fraction of sp³-hybridized carbons (Fsp3) is 0.889. The van der Waals surface area contributed by atoms with E-state index in [-0.39, 0.29) is 5.91 Å². The summed E-state index contributed by atoms with van der Waals surface area (Å²) in [6, 6.07) is 0.370. The highest BCUT2D eigenvalue weighted by Crippen LogP contribution is 2.25. The Kier molecular flexibility index (Phi) is 5.17. The maximum atomic E-state index is 11.4. The molecule has 1 amide bonds. The van der Waals surface area contributed by atoms with Crippen LogP contribution in [-0.4, -0.2) is 28.8 Å². The van der Waals surface area contributed by atoms with Gasteiger partial charge in [-0.15, -0.1) is 0 Å². The van der Waals surface area contributed by atoms with E-state index < -0.39 is 0 Å². The lowest BCUT2D eigenvalue weighted by molar-refractivity contribution is -0.121. The number of amides is 1. The van der Waals surface area contributed by atoms with Gasteiger partial charge in [0.25, 0.3) is 0 Å². The monoisotopic (exact) mass is 265 g/mol. The summed E-state index contributed by atoms with van der Waals surface area (Å²) < 4.78 is 0. The van der Waals surface area contributed by atoms with Gasteiger partial charge in [0, 0.05) is 23.0 Å². The second kappa shape index (κ2) is 5.91. The predicted octanol–water partition coefficient (Wildman–Crippen LogP) is 2.17. The van der Waals surface area contributed by atoms with Gasteiger partial charge in [-0.3, -0.25) is 4.79 Å². The molecule has 0 aromatic rings. The van der Waals surface area contributed by atoms with Crippen LogP contribution in [-0.2, 0) is 4.79 Å². The van der Waals surface area contributed by atoms with Crippen LogP contribution in [0.1, 0.15) is 25.7 Å². The quantitative estimate of drug-likeness (QED) is 0.790. The van der Waals surface area contributed by atoms with Crippen LogP contribution >= 0.6 is 27.7 Å². The van der Waals surface area contributed by atoms with Crippen LogP contribution < -0.4 is 5.32 Å². The zero-order valence-electron chi connectivity index (χ0n) is 7.88. The summed E-state index contributed by atoms with van der Waals surface area (Å²) in [4.78, 5) is 11.8. The molecule has 0 aliphatic heterocycles. The second-order valence-electron chi connectivity index (χ2n) is 3.36. The molecule has 0 heterocycles. The van der Waals surface area contributed by atoms with Gasteiger partial charge in [-0.05, 0) is 19.1 Å². The van der Waals surface area contributed by atoms with E-state index in [1.807, 2.05) is 6.26 Å². The molecule has 1 saturated carbocycles. The number of hydrogen-bond donors (Lipinski definition) is 1. The molecule has 13 heavy (non-hydrogen) atoms. The van der Waals surface area contributed by atoms with E-state index in [4.69, 9.17) is 0 Å². The summed E-state index contributed by atoms with van der Waals surface area (Å²) in [5, 5.41) is 3.06. The molecule has 76 valence electrons. The Balaban J connectivity index is 2.19. The summed E-state index contributed by atoms with van der Waals surface area (Å²) in [5.74, 6) is 1.12. The molecule has 0 aromatic heterocycles. The van der Waals surface area contributed by atoms with E-state index in [0.29, 0.717) is 17.3 Å². The van der Waals surface area contributed by atoms with Crippen LogP contribution in [0.3, 0.4) is 0 Å². The molecule has 0 bridgehead atoms. The third kappa shape index (κ3) is 3.90. The van der Waals surface area contributed by atoms with Gasteiger partial charge < -0.3 is 5.32 Å². The Labute approximate surface area is 92.4 Å². The van der Waals surface area contributed by atoms with Gasteiger partial charge in [0.05, 0.1) is 0 Å². The summed E-state index contributed by atoms with van der Waals surface area (Å²) in [6.45, 7) is 0. The number of rotatable bonds is 4. The first-order valence-electron chi connectivity index (χ1n) is 4.66. The largest absolute Gasteiger partial charge is 0.352 e. The molecule has 2 atom stereocenters. The maximum absolute atomic E-state index is 11.4. The zero-order valence-corrected chi connectivity index (χ0v) is 10.3. The fourth-order valence-electron chi connectivity index (χ4n) is 1.55. The predicted molar refractivity (Wildman–Crippen MR) is 61.5 cm³/mol. The van der Waals surface area contributed by atoms with Gasteiger partial charge in [-0.2, -0.15) is 11.8 Å². The molecular weight excluding hydrogens is 250 g/mol.